The van der Waals surface area contributed by atoms with E-state index < -0.39 is 0 Å². The number of nitrogens with zero attached hydrogens (tertiary/aromatic N) is 1. The summed E-state index contributed by atoms with van der Waals surface area (Å²) in [4.78, 5) is 2.67. The van der Waals surface area contributed by atoms with E-state index in [2.05, 4.69) is 24.1 Å². The summed E-state index contributed by atoms with van der Waals surface area (Å²) in [6.45, 7) is 10.2. The average molecular weight is 226 g/mol. The second-order valence-electron chi connectivity index (χ2n) is 5.50. The Kier molecular flexibility index (Phi) is 4.62. The lowest BCUT2D eigenvalue weighted by Crippen LogP contribution is -2.45. The molecule has 2 fully saturated rings. The molecule has 0 aromatic rings. The summed E-state index contributed by atoms with van der Waals surface area (Å²) in [6, 6.07) is 1.33. The highest BCUT2D eigenvalue weighted by molar-refractivity contribution is 4.81. The van der Waals surface area contributed by atoms with Gasteiger partial charge in [-0.3, -0.25) is 4.90 Å². The monoisotopic (exact) mass is 226 g/mol. The molecule has 0 aromatic carbocycles. The van der Waals surface area contributed by atoms with Crippen LogP contribution in [0.15, 0.2) is 0 Å². The summed E-state index contributed by atoms with van der Waals surface area (Å²) in [5.41, 5.74) is 0. The molecule has 3 nitrogen and oxygen atoms in total. The summed E-state index contributed by atoms with van der Waals surface area (Å²) >= 11 is 0. The van der Waals surface area contributed by atoms with Gasteiger partial charge >= 0.3 is 0 Å². The van der Waals surface area contributed by atoms with E-state index in [-0.39, 0.29) is 0 Å². The maximum Gasteiger partial charge on any atom is 0.0622 e. The van der Waals surface area contributed by atoms with E-state index >= 15 is 0 Å². The lowest BCUT2D eigenvalue weighted by atomic mass is 9.96. The molecule has 94 valence electrons. The highest BCUT2D eigenvalue weighted by Crippen LogP contribution is 2.21. The van der Waals surface area contributed by atoms with Crippen molar-refractivity contribution in [3.05, 3.63) is 0 Å². The van der Waals surface area contributed by atoms with Gasteiger partial charge in [0.15, 0.2) is 0 Å². The standard InChI is InChI=1S/C13H26N2O/c1-11(2)15(13-5-8-16-10-13)9-12-3-6-14-7-4-12/h11-14H,3-10H2,1-2H3. The SMILES string of the molecule is CC(C)N(CC1CCNCC1)C1CCOC1. The van der Waals surface area contributed by atoms with E-state index in [1.54, 1.807) is 0 Å². The first-order valence-electron chi connectivity index (χ1n) is 6.81. The minimum atomic E-state index is 0.654. The lowest BCUT2D eigenvalue weighted by molar-refractivity contribution is 0.0974. The molecule has 1 N–H and O–H groups in total. The highest BCUT2D eigenvalue weighted by Gasteiger charge is 2.27. The van der Waals surface area contributed by atoms with Crippen LogP contribution in [0.2, 0.25) is 0 Å². The number of hydrogen-bond acceptors (Lipinski definition) is 3. The summed E-state index contributed by atoms with van der Waals surface area (Å²) < 4.78 is 5.52. The molecule has 0 radical (unpaired) electrons. The third-order valence-corrected chi connectivity index (χ3v) is 3.97. The highest BCUT2D eigenvalue weighted by atomic mass is 16.5. The number of nitrogens with one attached hydrogen (secondary N) is 1. The first-order valence-corrected chi connectivity index (χ1v) is 6.81. The van der Waals surface area contributed by atoms with Crippen LogP contribution >= 0.6 is 0 Å². The maximum atomic E-state index is 5.52. The van der Waals surface area contributed by atoms with Crippen molar-refractivity contribution in [2.45, 2.75) is 45.2 Å². The van der Waals surface area contributed by atoms with E-state index in [4.69, 9.17) is 4.74 Å². The molecule has 0 bridgehead atoms. The summed E-state index contributed by atoms with van der Waals surface area (Å²) in [7, 11) is 0. The largest absolute Gasteiger partial charge is 0.380 e. The van der Waals surface area contributed by atoms with E-state index in [1.807, 2.05) is 0 Å². The van der Waals surface area contributed by atoms with Gasteiger partial charge in [0.2, 0.25) is 0 Å². The van der Waals surface area contributed by atoms with Gasteiger partial charge in [0.05, 0.1) is 6.61 Å². The molecule has 2 aliphatic heterocycles. The van der Waals surface area contributed by atoms with E-state index in [9.17, 15) is 0 Å². The molecule has 0 aromatic heterocycles. The summed E-state index contributed by atoms with van der Waals surface area (Å²) in [6.07, 6.45) is 3.91. The van der Waals surface area contributed by atoms with Gasteiger partial charge in [-0.15, -0.1) is 0 Å². The molecule has 0 aliphatic carbocycles. The smallest absolute Gasteiger partial charge is 0.0622 e. The first-order chi connectivity index (χ1) is 7.77. The fourth-order valence-corrected chi connectivity index (χ4v) is 2.93. The van der Waals surface area contributed by atoms with Crippen LogP contribution in [0.3, 0.4) is 0 Å². The zero-order valence-electron chi connectivity index (χ0n) is 10.7. The van der Waals surface area contributed by atoms with Gasteiger partial charge in [-0.1, -0.05) is 0 Å². The Morgan fingerprint density at radius 2 is 2.00 bits per heavy atom. The van der Waals surface area contributed by atoms with E-state index in [0.29, 0.717) is 12.1 Å². The fourth-order valence-electron chi connectivity index (χ4n) is 2.93. The van der Waals surface area contributed by atoms with E-state index in [0.717, 1.165) is 19.1 Å². The fraction of sp³-hybridized carbons (Fsp3) is 1.00. The zero-order valence-corrected chi connectivity index (χ0v) is 10.7. The Balaban J connectivity index is 1.85. The second kappa shape index (κ2) is 5.99. The molecule has 1 atom stereocenters. The quantitative estimate of drug-likeness (QED) is 0.786. The molecule has 2 heterocycles. The maximum absolute atomic E-state index is 5.52. The molecule has 2 saturated heterocycles. The Labute approximate surface area is 99.5 Å². The normalized spacial score (nSPS) is 28.1. The molecule has 0 spiro atoms. The Hall–Kier alpha value is -0.120. The molecule has 3 heteroatoms. The average Bonchev–Trinajstić information content (AvgIpc) is 2.80. The van der Waals surface area contributed by atoms with Crippen molar-refractivity contribution in [1.29, 1.82) is 0 Å². The molecule has 1 unspecified atom stereocenters. The minimum Gasteiger partial charge on any atom is -0.380 e. The zero-order chi connectivity index (χ0) is 11.4. The van der Waals surface area contributed by atoms with Gasteiger partial charge in [-0.25, -0.2) is 0 Å². The molecule has 0 saturated carbocycles. The predicted molar refractivity (Wildman–Crippen MR) is 66.7 cm³/mol. The molecule has 16 heavy (non-hydrogen) atoms. The second-order valence-corrected chi connectivity index (χ2v) is 5.50. The predicted octanol–water partition coefficient (Wildman–Crippen LogP) is 1.49. The Morgan fingerprint density at radius 3 is 2.56 bits per heavy atom. The van der Waals surface area contributed by atoms with Crippen LogP contribution < -0.4 is 5.32 Å². The van der Waals surface area contributed by atoms with Crippen LogP contribution in [0.25, 0.3) is 0 Å². The Morgan fingerprint density at radius 1 is 1.25 bits per heavy atom. The lowest BCUT2D eigenvalue weighted by Gasteiger charge is -2.36. The van der Waals surface area contributed by atoms with Crippen molar-refractivity contribution in [3.8, 4) is 0 Å². The number of rotatable bonds is 4. The van der Waals surface area contributed by atoms with Crippen molar-refractivity contribution in [3.63, 3.8) is 0 Å². The van der Waals surface area contributed by atoms with Crippen LogP contribution in [0.4, 0.5) is 0 Å². The van der Waals surface area contributed by atoms with Crippen molar-refractivity contribution in [2.24, 2.45) is 5.92 Å². The van der Waals surface area contributed by atoms with Crippen LogP contribution in [-0.2, 0) is 4.74 Å². The number of piperidine rings is 1. The van der Waals surface area contributed by atoms with E-state index in [1.165, 1.54) is 38.9 Å². The van der Waals surface area contributed by atoms with Gasteiger partial charge in [0.1, 0.15) is 0 Å². The Bertz CT molecular complexity index is 196. The number of hydrogen-bond donors (Lipinski definition) is 1. The number of ether oxygens (including phenoxy) is 1. The van der Waals surface area contributed by atoms with Crippen LogP contribution in [0.1, 0.15) is 33.1 Å². The molecular formula is C13H26N2O. The third-order valence-electron chi connectivity index (χ3n) is 3.97. The summed E-state index contributed by atoms with van der Waals surface area (Å²) in [5.74, 6) is 0.893. The van der Waals surface area contributed by atoms with Crippen molar-refractivity contribution >= 4 is 0 Å². The summed E-state index contributed by atoms with van der Waals surface area (Å²) in [5, 5.41) is 3.44. The molecule has 0 amide bonds. The van der Waals surface area contributed by atoms with Crippen molar-refractivity contribution < 1.29 is 4.74 Å². The van der Waals surface area contributed by atoms with Gasteiger partial charge in [-0.05, 0) is 52.1 Å². The topological polar surface area (TPSA) is 24.5 Å². The van der Waals surface area contributed by atoms with Gasteiger partial charge in [0, 0.05) is 25.2 Å². The van der Waals surface area contributed by atoms with Crippen LogP contribution in [0, 0.1) is 5.92 Å². The van der Waals surface area contributed by atoms with Gasteiger partial charge in [0.25, 0.3) is 0 Å². The molecular weight excluding hydrogens is 200 g/mol. The van der Waals surface area contributed by atoms with Crippen molar-refractivity contribution in [1.82, 2.24) is 10.2 Å². The van der Waals surface area contributed by atoms with Crippen LogP contribution in [0.5, 0.6) is 0 Å². The van der Waals surface area contributed by atoms with Crippen molar-refractivity contribution in [2.75, 3.05) is 32.8 Å². The van der Waals surface area contributed by atoms with Gasteiger partial charge in [-0.2, -0.15) is 0 Å². The van der Waals surface area contributed by atoms with Crippen LogP contribution in [-0.4, -0.2) is 49.8 Å². The third kappa shape index (κ3) is 3.19. The molecule has 2 aliphatic rings. The van der Waals surface area contributed by atoms with Gasteiger partial charge < -0.3 is 10.1 Å². The molecule has 2 rings (SSSR count). The first kappa shape index (κ1) is 12.3. The minimum absolute atomic E-state index is 0.654.